The molecule has 0 saturated heterocycles. The Bertz CT molecular complexity index is 773. The summed E-state index contributed by atoms with van der Waals surface area (Å²) in [5.41, 5.74) is 1.99. The fourth-order valence-electron chi connectivity index (χ4n) is 1.45. The van der Waals surface area contributed by atoms with Crippen LogP contribution in [0.2, 0.25) is 5.02 Å². The minimum Gasteiger partial charge on any atom is -0.310 e. The SMILES string of the molecule is NNc1sc(S(=O)(=O)Nc2ccc(Cl)cc2)cc1[N+](=O)[O-]. The number of rotatable bonds is 5. The van der Waals surface area contributed by atoms with E-state index in [-0.39, 0.29) is 14.9 Å². The Morgan fingerprint density at radius 1 is 1.29 bits per heavy atom. The number of benzene rings is 1. The van der Waals surface area contributed by atoms with Crippen molar-refractivity contribution in [1.82, 2.24) is 0 Å². The Hall–Kier alpha value is -1.88. The molecule has 21 heavy (non-hydrogen) atoms. The van der Waals surface area contributed by atoms with Crippen LogP contribution in [0.25, 0.3) is 0 Å². The molecule has 0 amide bonds. The average molecular weight is 349 g/mol. The van der Waals surface area contributed by atoms with Crippen LogP contribution in [0.1, 0.15) is 0 Å². The molecule has 4 N–H and O–H groups in total. The van der Waals surface area contributed by atoms with Gasteiger partial charge in [-0.1, -0.05) is 22.9 Å². The van der Waals surface area contributed by atoms with Gasteiger partial charge < -0.3 is 5.43 Å². The molecule has 0 fully saturated rings. The highest BCUT2D eigenvalue weighted by Gasteiger charge is 2.25. The number of nitrogens with two attached hydrogens (primary N) is 1. The smallest absolute Gasteiger partial charge is 0.306 e. The third kappa shape index (κ3) is 3.42. The summed E-state index contributed by atoms with van der Waals surface area (Å²) in [4.78, 5) is 10.1. The van der Waals surface area contributed by atoms with Crippen LogP contribution in [-0.2, 0) is 10.0 Å². The van der Waals surface area contributed by atoms with Crippen molar-refractivity contribution < 1.29 is 13.3 Å². The molecule has 112 valence electrons. The highest BCUT2D eigenvalue weighted by molar-refractivity contribution is 7.94. The topological polar surface area (TPSA) is 127 Å². The molecule has 0 aliphatic rings. The molecule has 2 aromatic rings. The normalized spacial score (nSPS) is 11.1. The molecule has 11 heteroatoms. The van der Waals surface area contributed by atoms with Crippen molar-refractivity contribution in [2.24, 2.45) is 5.84 Å². The summed E-state index contributed by atoms with van der Waals surface area (Å²) >= 11 is 6.37. The van der Waals surface area contributed by atoms with Crippen molar-refractivity contribution in [3.63, 3.8) is 0 Å². The Morgan fingerprint density at radius 2 is 1.90 bits per heavy atom. The van der Waals surface area contributed by atoms with Gasteiger partial charge in [-0.3, -0.25) is 14.8 Å². The van der Waals surface area contributed by atoms with Crippen molar-refractivity contribution >= 4 is 49.3 Å². The standard InChI is InChI=1S/C10H9ClN4O4S2/c11-6-1-3-7(4-2-6)14-21(18,19)9-5-8(15(16)17)10(13-12)20-9/h1-5,13-14H,12H2. The molecule has 0 unspecified atom stereocenters. The minimum absolute atomic E-state index is 0.0449. The molecule has 0 aliphatic heterocycles. The van der Waals surface area contributed by atoms with Crippen molar-refractivity contribution in [3.8, 4) is 0 Å². The van der Waals surface area contributed by atoms with Gasteiger partial charge in [0, 0.05) is 16.8 Å². The Labute approximate surface area is 128 Å². The predicted molar refractivity (Wildman–Crippen MR) is 81.0 cm³/mol. The number of sulfonamides is 1. The first kappa shape index (κ1) is 15.5. The second-order valence-corrected chi connectivity index (χ2v) is 7.19. The molecule has 0 bridgehead atoms. The number of hydrazine groups is 1. The van der Waals surface area contributed by atoms with Crippen LogP contribution < -0.4 is 16.0 Å². The fraction of sp³-hybridized carbons (Fsp3) is 0. The van der Waals surface area contributed by atoms with Crippen molar-refractivity contribution in [2.45, 2.75) is 4.21 Å². The number of hydrogen-bond acceptors (Lipinski definition) is 7. The first-order chi connectivity index (χ1) is 9.83. The summed E-state index contributed by atoms with van der Waals surface area (Å²) in [5.74, 6) is 5.14. The Morgan fingerprint density at radius 3 is 2.38 bits per heavy atom. The first-order valence-corrected chi connectivity index (χ1v) is 8.04. The summed E-state index contributed by atoms with van der Waals surface area (Å²) in [6.07, 6.45) is 0. The van der Waals surface area contributed by atoms with E-state index in [0.29, 0.717) is 16.4 Å². The van der Waals surface area contributed by atoms with Gasteiger partial charge in [-0.15, -0.1) is 0 Å². The van der Waals surface area contributed by atoms with Crippen LogP contribution in [0.5, 0.6) is 0 Å². The Balaban J connectivity index is 2.35. The summed E-state index contributed by atoms with van der Waals surface area (Å²) in [6, 6.07) is 6.93. The third-order valence-electron chi connectivity index (χ3n) is 2.38. The van der Waals surface area contributed by atoms with Crippen LogP contribution in [0.4, 0.5) is 16.4 Å². The molecule has 0 spiro atoms. The molecule has 0 saturated carbocycles. The second-order valence-electron chi connectivity index (χ2n) is 3.79. The van der Waals surface area contributed by atoms with Gasteiger partial charge in [-0.2, -0.15) is 0 Å². The molecule has 2 rings (SSSR count). The summed E-state index contributed by atoms with van der Waals surface area (Å²) in [5, 5.41) is 11.2. The molecule has 1 aromatic heterocycles. The third-order valence-corrected chi connectivity index (χ3v) is 5.54. The van der Waals surface area contributed by atoms with Gasteiger partial charge in [-0.05, 0) is 24.3 Å². The maximum absolute atomic E-state index is 12.2. The molecule has 8 nitrogen and oxygen atoms in total. The van der Waals surface area contributed by atoms with Crippen molar-refractivity contribution in [3.05, 3.63) is 45.5 Å². The summed E-state index contributed by atoms with van der Waals surface area (Å²) in [6.45, 7) is 0. The Kier molecular flexibility index (Phi) is 4.32. The zero-order chi connectivity index (χ0) is 15.6. The monoisotopic (exact) mass is 348 g/mol. The lowest BCUT2D eigenvalue weighted by molar-refractivity contribution is -0.383. The molecule has 0 radical (unpaired) electrons. The fourth-order valence-corrected chi connectivity index (χ4v) is 3.88. The van der Waals surface area contributed by atoms with E-state index in [2.05, 4.69) is 10.1 Å². The number of anilines is 2. The zero-order valence-electron chi connectivity index (χ0n) is 10.2. The van der Waals surface area contributed by atoms with E-state index in [1.807, 2.05) is 0 Å². The number of nitro groups is 1. The first-order valence-electron chi connectivity index (χ1n) is 5.36. The van der Waals surface area contributed by atoms with E-state index in [1.165, 1.54) is 24.3 Å². The number of hydrogen-bond donors (Lipinski definition) is 3. The van der Waals surface area contributed by atoms with Crippen LogP contribution in [0.15, 0.2) is 34.5 Å². The van der Waals surface area contributed by atoms with E-state index in [9.17, 15) is 18.5 Å². The van der Waals surface area contributed by atoms with E-state index in [4.69, 9.17) is 17.4 Å². The number of nitrogens with one attached hydrogen (secondary N) is 2. The number of halogens is 1. The van der Waals surface area contributed by atoms with Crippen molar-refractivity contribution in [1.29, 1.82) is 0 Å². The number of thiophene rings is 1. The number of nitrogen functional groups attached to an aromatic ring is 1. The molecule has 1 heterocycles. The highest BCUT2D eigenvalue weighted by atomic mass is 35.5. The van der Waals surface area contributed by atoms with Gasteiger partial charge in [0.25, 0.3) is 10.0 Å². The molecular weight excluding hydrogens is 340 g/mol. The highest BCUT2D eigenvalue weighted by Crippen LogP contribution is 2.36. The lowest BCUT2D eigenvalue weighted by Gasteiger charge is -2.05. The van der Waals surface area contributed by atoms with Crippen LogP contribution in [0.3, 0.4) is 0 Å². The number of nitrogens with zero attached hydrogens (tertiary/aromatic N) is 1. The van der Waals surface area contributed by atoms with Crippen molar-refractivity contribution in [2.75, 3.05) is 10.1 Å². The van der Waals surface area contributed by atoms with Gasteiger partial charge in [0.2, 0.25) is 0 Å². The maximum atomic E-state index is 12.2. The van der Waals surface area contributed by atoms with Gasteiger partial charge in [-0.25, -0.2) is 14.3 Å². The summed E-state index contributed by atoms with van der Waals surface area (Å²) in [7, 11) is -3.95. The van der Waals surface area contributed by atoms with Crippen LogP contribution in [-0.4, -0.2) is 13.3 Å². The predicted octanol–water partition coefficient (Wildman–Crippen LogP) is 2.40. The van der Waals surface area contributed by atoms with Crippen LogP contribution >= 0.6 is 22.9 Å². The van der Waals surface area contributed by atoms with Gasteiger partial charge in [0.1, 0.15) is 4.21 Å². The van der Waals surface area contributed by atoms with Gasteiger partial charge >= 0.3 is 5.69 Å². The zero-order valence-corrected chi connectivity index (χ0v) is 12.6. The minimum atomic E-state index is -3.95. The van der Waals surface area contributed by atoms with E-state index >= 15 is 0 Å². The van der Waals surface area contributed by atoms with E-state index in [1.54, 1.807) is 0 Å². The lowest BCUT2D eigenvalue weighted by atomic mass is 10.3. The van der Waals surface area contributed by atoms with E-state index < -0.39 is 20.6 Å². The van der Waals surface area contributed by atoms with Crippen LogP contribution in [0, 0.1) is 10.1 Å². The van der Waals surface area contributed by atoms with E-state index in [0.717, 1.165) is 6.07 Å². The lowest BCUT2D eigenvalue weighted by Crippen LogP contribution is -2.11. The maximum Gasteiger partial charge on any atom is 0.306 e. The second kappa shape index (κ2) is 5.85. The molecular formula is C10H9ClN4O4S2. The van der Waals surface area contributed by atoms with Gasteiger partial charge in [0.15, 0.2) is 5.00 Å². The average Bonchev–Trinajstić information content (AvgIpc) is 2.86. The quantitative estimate of drug-likeness (QED) is 0.432. The largest absolute Gasteiger partial charge is 0.310 e. The molecule has 0 atom stereocenters. The molecule has 0 aliphatic carbocycles. The van der Waals surface area contributed by atoms with Gasteiger partial charge in [0.05, 0.1) is 4.92 Å². The molecule has 1 aromatic carbocycles. The summed E-state index contributed by atoms with van der Waals surface area (Å²) < 4.78 is 26.4.